The largest absolute Gasteiger partial charge is 0.454 e. The van der Waals surface area contributed by atoms with Crippen molar-refractivity contribution in [2.75, 3.05) is 12.1 Å². The van der Waals surface area contributed by atoms with E-state index in [1.807, 2.05) is 6.92 Å². The summed E-state index contributed by atoms with van der Waals surface area (Å²) in [5, 5.41) is 6.44. The van der Waals surface area contributed by atoms with E-state index in [1.54, 1.807) is 30.3 Å². The summed E-state index contributed by atoms with van der Waals surface area (Å²) in [6.45, 7) is 1.97. The molecular weight excluding hydrogens is 488 g/mol. The Balaban J connectivity index is 1.42. The first-order chi connectivity index (χ1) is 17.2. The van der Waals surface area contributed by atoms with E-state index in [2.05, 4.69) is 10.6 Å². The smallest absolute Gasteiger partial charge is 0.250 e. The predicted octanol–water partition coefficient (Wildman–Crippen LogP) is 1.56. The van der Waals surface area contributed by atoms with E-state index in [9.17, 15) is 19.2 Å². The highest BCUT2D eigenvalue weighted by Crippen LogP contribution is 2.55. The van der Waals surface area contributed by atoms with Crippen LogP contribution in [0.15, 0.2) is 30.3 Å². The lowest BCUT2D eigenvalue weighted by atomic mass is 9.76. The minimum Gasteiger partial charge on any atom is -0.454 e. The summed E-state index contributed by atoms with van der Waals surface area (Å²) in [4.78, 5) is 53.9. The van der Waals surface area contributed by atoms with Gasteiger partial charge in [-0.25, -0.2) is 0 Å². The van der Waals surface area contributed by atoms with E-state index >= 15 is 0 Å². The van der Waals surface area contributed by atoms with Gasteiger partial charge < -0.3 is 20.5 Å². The molecule has 4 amide bonds. The zero-order valence-corrected chi connectivity index (χ0v) is 20.1. The standard InChI is InChI=1S/C25H23ClN4O6/c1-11-6-13-21(14(26)7-11)28-24(34)25(13)20-19(15(29-25)3-5-18(27)31)22(32)30(23(20)33)9-12-2-4-16-17(8-12)36-10-35-16/h2,4,6-8,15,19-20,29H,3,5,9-10H2,1H3,(H2,27,31)(H,28,34)/t15-,19+,20+,25-/m0/s1. The molecule has 0 bridgehead atoms. The van der Waals surface area contributed by atoms with Gasteiger partial charge in [-0.1, -0.05) is 23.7 Å². The fourth-order valence-corrected chi connectivity index (χ4v) is 6.30. The van der Waals surface area contributed by atoms with Gasteiger partial charge >= 0.3 is 0 Å². The first-order valence-electron chi connectivity index (χ1n) is 11.6. The van der Waals surface area contributed by atoms with Crippen LogP contribution >= 0.6 is 11.6 Å². The minimum atomic E-state index is -1.49. The van der Waals surface area contributed by atoms with Gasteiger partial charge in [0.15, 0.2) is 11.5 Å². The highest BCUT2D eigenvalue weighted by molar-refractivity contribution is 6.35. The van der Waals surface area contributed by atoms with Crippen molar-refractivity contribution in [3.8, 4) is 11.5 Å². The number of hydrogen-bond acceptors (Lipinski definition) is 7. The number of benzene rings is 2. The number of carbonyl (C=O) groups excluding carboxylic acids is 4. The molecule has 36 heavy (non-hydrogen) atoms. The first kappa shape index (κ1) is 22.8. The molecule has 4 aliphatic heterocycles. The Morgan fingerprint density at radius 3 is 2.72 bits per heavy atom. The van der Waals surface area contributed by atoms with Gasteiger partial charge in [0.1, 0.15) is 5.54 Å². The molecule has 4 aliphatic rings. The summed E-state index contributed by atoms with van der Waals surface area (Å²) in [6.07, 6.45) is 0.209. The van der Waals surface area contributed by atoms with Gasteiger partial charge in [-0.05, 0) is 42.7 Å². The van der Waals surface area contributed by atoms with E-state index < -0.39 is 47.0 Å². The van der Waals surface area contributed by atoms with Crippen molar-refractivity contribution in [2.45, 2.75) is 37.9 Å². The van der Waals surface area contributed by atoms with Gasteiger partial charge in [0.05, 0.1) is 29.1 Å². The SMILES string of the molecule is Cc1cc(Cl)c2c(c1)[C@@]1(N[C@@H](CCC(N)=O)[C@H]3C(=O)N(Cc4ccc5c(c4)OCO5)C(=O)[C@@H]31)C(=O)N2. The van der Waals surface area contributed by atoms with Crippen molar-refractivity contribution in [1.82, 2.24) is 10.2 Å². The van der Waals surface area contributed by atoms with Crippen molar-refractivity contribution < 1.29 is 28.7 Å². The maximum absolute atomic E-state index is 13.9. The van der Waals surface area contributed by atoms with Crippen LogP contribution in [0.3, 0.4) is 0 Å². The third kappa shape index (κ3) is 3.14. The number of ether oxygens (including phenoxy) is 2. The molecule has 2 aromatic rings. The van der Waals surface area contributed by atoms with Crippen molar-refractivity contribution in [3.05, 3.63) is 52.0 Å². The van der Waals surface area contributed by atoms with Crippen LogP contribution in [0.25, 0.3) is 0 Å². The molecule has 2 saturated heterocycles. The van der Waals surface area contributed by atoms with Crippen molar-refractivity contribution >= 4 is 40.9 Å². The molecule has 4 N–H and O–H groups in total. The number of nitrogens with one attached hydrogen (secondary N) is 2. The van der Waals surface area contributed by atoms with Crippen LogP contribution in [0, 0.1) is 18.8 Å². The molecule has 0 aromatic heterocycles. The summed E-state index contributed by atoms with van der Waals surface area (Å²) < 4.78 is 10.8. The van der Waals surface area contributed by atoms with Gasteiger partial charge in [-0.2, -0.15) is 0 Å². The number of imide groups is 1. The number of hydrogen-bond donors (Lipinski definition) is 3. The molecular formula is C25H23ClN4O6. The second-order valence-electron chi connectivity index (χ2n) is 9.64. The zero-order chi connectivity index (χ0) is 25.4. The van der Waals surface area contributed by atoms with E-state index in [-0.39, 0.29) is 26.2 Å². The summed E-state index contributed by atoms with van der Waals surface area (Å²) in [5.41, 5.74) is 6.34. The number of rotatable bonds is 5. The number of primary amides is 1. The molecule has 2 aromatic carbocycles. The first-order valence-corrected chi connectivity index (χ1v) is 12.0. The monoisotopic (exact) mass is 510 g/mol. The molecule has 0 aliphatic carbocycles. The Labute approximate surface area is 211 Å². The van der Waals surface area contributed by atoms with Gasteiger partial charge in [0.2, 0.25) is 30.4 Å². The van der Waals surface area contributed by atoms with Crippen LogP contribution in [-0.4, -0.2) is 41.4 Å². The molecule has 4 atom stereocenters. The van der Waals surface area contributed by atoms with Crippen LogP contribution in [0.5, 0.6) is 11.5 Å². The lowest BCUT2D eigenvalue weighted by molar-refractivity contribution is -0.143. The van der Waals surface area contributed by atoms with Gasteiger partial charge in [-0.3, -0.25) is 29.4 Å². The highest BCUT2D eigenvalue weighted by Gasteiger charge is 2.70. The second-order valence-corrected chi connectivity index (χ2v) is 10.0. The number of likely N-dealkylation sites (tertiary alicyclic amines) is 1. The molecule has 0 unspecified atom stereocenters. The summed E-state index contributed by atoms with van der Waals surface area (Å²) in [6, 6.07) is 8.14. The van der Waals surface area contributed by atoms with Gasteiger partial charge in [-0.15, -0.1) is 0 Å². The Kier molecular flexibility index (Phi) is 5.03. The average Bonchev–Trinajstić information content (AvgIpc) is 3.55. The minimum absolute atomic E-state index is 0.00362. The molecule has 0 saturated carbocycles. The Hall–Kier alpha value is -3.63. The number of aryl methyl sites for hydroxylation is 1. The molecule has 186 valence electrons. The van der Waals surface area contributed by atoms with E-state index in [0.717, 1.165) is 5.56 Å². The maximum atomic E-state index is 13.9. The number of nitrogens with zero attached hydrogens (tertiary/aromatic N) is 1. The summed E-state index contributed by atoms with van der Waals surface area (Å²) >= 11 is 6.44. The predicted molar refractivity (Wildman–Crippen MR) is 127 cm³/mol. The highest BCUT2D eigenvalue weighted by atomic mass is 35.5. The molecule has 11 heteroatoms. The molecule has 1 spiro atoms. The van der Waals surface area contributed by atoms with Crippen molar-refractivity contribution in [2.24, 2.45) is 17.6 Å². The fourth-order valence-electron chi connectivity index (χ4n) is 5.98. The topological polar surface area (TPSA) is 140 Å². The molecule has 6 rings (SSSR count). The Bertz CT molecular complexity index is 1360. The quantitative estimate of drug-likeness (QED) is 0.518. The third-order valence-electron chi connectivity index (χ3n) is 7.49. The normalized spacial score (nSPS) is 27.6. The Morgan fingerprint density at radius 1 is 1.17 bits per heavy atom. The second kappa shape index (κ2) is 7.94. The number of fused-ring (bicyclic) bond motifs is 5. The van der Waals surface area contributed by atoms with Crippen LogP contribution in [0.2, 0.25) is 5.02 Å². The van der Waals surface area contributed by atoms with E-state index in [0.29, 0.717) is 33.3 Å². The van der Waals surface area contributed by atoms with Gasteiger partial charge in [0.25, 0.3) is 0 Å². The van der Waals surface area contributed by atoms with Crippen LogP contribution in [0.4, 0.5) is 5.69 Å². The number of amides is 4. The van der Waals surface area contributed by atoms with E-state index in [4.69, 9.17) is 26.8 Å². The Morgan fingerprint density at radius 2 is 1.94 bits per heavy atom. The fraction of sp³-hybridized carbons (Fsp3) is 0.360. The maximum Gasteiger partial charge on any atom is 0.250 e. The number of anilines is 1. The number of nitrogens with two attached hydrogens (primary N) is 1. The molecule has 10 nitrogen and oxygen atoms in total. The number of halogens is 1. The lowest BCUT2D eigenvalue weighted by Crippen LogP contribution is -2.53. The summed E-state index contributed by atoms with van der Waals surface area (Å²) in [7, 11) is 0. The van der Waals surface area contributed by atoms with Crippen LogP contribution in [-0.2, 0) is 31.3 Å². The average molecular weight is 511 g/mol. The van der Waals surface area contributed by atoms with E-state index in [1.165, 1.54) is 4.90 Å². The van der Waals surface area contributed by atoms with Gasteiger partial charge in [0, 0.05) is 18.0 Å². The van der Waals surface area contributed by atoms with Crippen LogP contribution < -0.4 is 25.8 Å². The zero-order valence-electron chi connectivity index (χ0n) is 19.3. The van der Waals surface area contributed by atoms with Crippen LogP contribution in [0.1, 0.15) is 29.5 Å². The van der Waals surface area contributed by atoms with Crippen molar-refractivity contribution in [3.63, 3.8) is 0 Å². The van der Waals surface area contributed by atoms with Crippen molar-refractivity contribution in [1.29, 1.82) is 0 Å². The molecule has 2 fully saturated rings. The summed E-state index contributed by atoms with van der Waals surface area (Å²) in [5.74, 6) is -2.56. The number of carbonyl (C=O) groups is 4. The lowest BCUT2D eigenvalue weighted by Gasteiger charge is -2.29. The molecule has 4 heterocycles. The third-order valence-corrected chi connectivity index (χ3v) is 7.79. The molecule has 0 radical (unpaired) electrons.